The summed E-state index contributed by atoms with van der Waals surface area (Å²) in [4.78, 5) is 15.3. The lowest BCUT2D eigenvalue weighted by Gasteiger charge is -2.08. The average molecular weight is 377 g/mol. The summed E-state index contributed by atoms with van der Waals surface area (Å²) in [6.07, 6.45) is -4.13. The Morgan fingerprint density at radius 1 is 1.23 bits per heavy atom. The molecule has 2 rings (SSSR count). The molecule has 1 heterocycles. The van der Waals surface area contributed by atoms with Gasteiger partial charge in [-0.15, -0.1) is 0 Å². The number of hydrogen-bond acceptors (Lipinski definition) is 2. The number of rotatable bonds is 3. The first-order chi connectivity index (χ1) is 10.3. The van der Waals surface area contributed by atoms with Gasteiger partial charge in [0.25, 0.3) is 0 Å². The summed E-state index contributed by atoms with van der Waals surface area (Å²) in [5, 5.41) is 2.32. The fraction of sp³-hybridized carbons (Fsp3) is 0.143. The molecule has 0 aliphatic carbocycles. The zero-order valence-corrected chi connectivity index (χ0v) is 12.5. The van der Waals surface area contributed by atoms with Crippen LogP contribution in [0.3, 0.4) is 0 Å². The van der Waals surface area contributed by atoms with Gasteiger partial charge in [-0.05, 0) is 39.7 Å². The van der Waals surface area contributed by atoms with E-state index >= 15 is 0 Å². The first-order valence-corrected chi connectivity index (χ1v) is 6.82. The van der Waals surface area contributed by atoms with Gasteiger partial charge in [-0.2, -0.15) is 13.2 Å². The van der Waals surface area contributed by atoms with E-state index in [0.717, 1.165) is 12.1 Å². The van der Waals surface area contributed by atoms with E-state index < -0.39 is 23.5 Å². The van der Waals surface area contributed by atoms with Gasteiger partial charge < -0.3 is 5.32 Å². The second-order valence-corrected chi connectivity index (χ2v) is 5.22. The summed E-state index contributed by atoms with van der Waals surface area (Å²) in [5.41, 5.74) is -0.748. The van der Waals surface area contributed by atoms with Gasteiger partial charge >= 0.3 is 6.18 Å². The van der Waals surface area contributed by atoms with Crippen LogP contribution in [0.1, 0.15) is 11.1 Å². The third kappa shape index (κ3) is 4.03. The quantitative estimate of drug-likeness (QED) is 0.816. The Bertz CT molecular complexity index is 686. The van der Waals surface area contributed by atoms with Crippen molar-refractivity contribution in [3.05, 3.63) is 57.9 Å². The highest BCUT2D eigenvalue weighted by molar-refractivity contribution is 9.10. The molecule has 0 aliphatic rings. The molecule has 22 heavy (non-hydrogen) atoms. The molecule has 0 bridgehead atoms. The Morgan fingerprint density at radius 3 is 2.55 bits per heavy atom. The van der Waals surface area contributed by atoms with Crippen LogP contribution in [-0.2, 0) is 17.4 Å². The SMILES string of the molecule is O=C(Cc1cccc(Br)c1F)Nc1ccc(C(F)(F)F)cn1. The third-order valence-electron chi connectivity index (χ3n) is 2.74. The van der Waals surface area contributed by atoms with Crippen molar-refractivity contribution in [2.45, 2.75) is 12.6 Å². The lowest BCUT2D eigenvalue weighted by Crippen LogP contribution is -2.16. The van der Waals surface area contributed by atoms with Crippen molar-refractivity contribution >= 4 is 27.7 Å². The molecule has 0 fully saturated rings. The Balaban J connectivity index is 2.05. The minimum absolute atomic E-state index is 0.0339. The van der Waals surface area contributed by atoms with Crippen LogP contribution >= 0.6 is 15.9 Å². The minimum Gasteiger partial charge on any atom is -0.310 e. The number of aromatic nitrogens is 1. The van der Waals surface area contributed by atoms with E-state index in [0.29, 0.717) is 6.20 Å². The molecule has 0 saturated carbocycles. The van der Waals surface area contributed by atoms with E-state index in [4.69, 9.17) is 0 Å². The van der Waals surface area contributed by atoms with Gasteiger partial charge in [0.15, 0.2) is 0 Å². The van der Waals surface area contributed by atoms with Crippen LogP contribution in [-0.4, -0.2) is 10.9 Å². The van der Waals surface area contributed by atoms with Crippen molar-refractivity contribution in [3.8, 4) is 0 Å². The second-order valence-electron chi connectivity index (χ2n) is 4.37. The number of benzene rings is 1. The molecule has 0 saturated heterocycles. The highest BCUT2D eigenvalue weighted by atomic mass is 79.9. The normalized spacial score (nSPS) is 11.3. The maximum Gasteiger partial charge on any atom is 0.417 e. The molecule has 0 radical (unpaired) electrons. The first kappa shape index (κ1) is 16.4. The molecule has 2 aromatic rings. The van der Waals surface area contributed by atoms with Gasteiger partial charge in [-0.25, -0.2) is 9.37 Å². The zero-order chi connectivity index (χ0) is 16.3. The number of nitrogens with zero attached hydrogens (tertiary/aromatic N) is 1. The second kappa shape index (κ2) is 6.43. The molecular weight excluding hydrogens is 368 g/mol. The molecule has 3 nitrogen and oxygen atoms in total. The molecule has 0 unspecified atom stereocenters. The fourth-order valence-corrected chi connectivity index (χ4v) is 2.09. The van der Waals surface area contributed by atoms with Crippen molar-refractivity contribution in [1.82, 2.24) is 4.98 Å². The van der Waals surface area contributed by atoms with Gasteiger partial charge in [0.1, 0.15) is 11.6 Å². The topological polar surface area (TPSA) is 42.0 Å². The van der Waals surface area contributed by atoms with Crippen molar-refractivity contribution in [1.29, 1.82) is 0 Å². The van der Waals surface area contributed by atoms with Gasteiger partial charge in [0.2, 0.25) is 5.91 Å². The number of anilines is 1. The Hall–Kier alpha value is -1.96. The zero-order valence-electron chi connectivity index (χ0n) is 10.9. The predicted molar refractivity (Wildman–Crippen MR) is 75.7 cm³/mol. The summed E-state index contributed by atoms with van der Waals surface area (Å²) in [5.74, 6) is -1.17. The van der Waals surface area contributed by atoms with Crippen molar-refractivity contribution < 1.29 is 22.4 Å². The number of alkyl halides is 3. The molecule has 8 heteroatoms. The number of pyridine rings is 1. The maximum atomic E-state index is 13.7. The molecule has 0 aliphatic heterocycles. The first-order valence-electron chi connectivity index (χ1n) is 6.03. The lowest BCUT2D eigenvalue weighted by atomic mass is 10.1. The highest BCUT2D eigenvalue weighted by Gasteiger charge is 2.30. The molecule has 1 aromatic carbocycles. The van der Waals surface area contributed by atoms with E-state index in [1.807, 2.05) is 0 Å². The molecule has 116 valence electrons. The Labute approximate surface area is 131 Å². The van der Waals surface area contributed by atoms with Gasteiger partial charge in [0, 0.05) is 6.20 Å². The number of amides is 1. The Kier molecular flexibility index (Phi) is 4.80. The molecule has 0 atom stereocenters. The van der Waals surface area contributed by atoms with Gasteiger partial charge in [-0.1, -0.05) is 12.1 Å². The Morgan fingerprint density at radius 2 is 1.95 bits per heavy atom. The number of carbonyl (C=O) groups excluding carboxylic acids is 1. The average Bonchev–Trinajstić information content (AvgIpc) is 2.43. The number of nitrogens with one attached hydrogen (secondary N) is 1. The van der Waals surface area contributed by atoms with Gasteiger partial charge in [-0.3, -0.25) is 4.79 Å². The van der Waals surface area contributed by atoms with Crippen LogP contribution in [0, 0.1) is 5.82 Å². The molecular formula is C14H9BrF4N2O. The van der Waals surface area contributed by atoms with Crippen LogP contribution in [0.5, 0.6) is 0 Å². The number of halogens is 5. The standard InChI is InChI=1S/C14H9BrF4N2O/c15-10-3-1-2-8(13(10)16)6-12(22)21-11-5-4-9(7-20-11)14(17,18)19/h1-5,7H,6H2,(H,20,21,22). The molecule has 1 N–H and O–H groups in total. The minimum atomic E-state index is -4.49. The van der Waals surface area contributed by atoms with Crippen molar-refractivity contribution in [2.24, 2.45) is 0 Å². The fourth-order valence-electron chi connectivity index (χ4n) is 1.68. The van der Waals surface area contributed by atoms with E-state index in [-0.39, 0.29) is 22.3 Å². The molecule has 1 aromatic heterocycles. The predicted octanol–water partition coefficient (Wildman–Crippen LogP) is 4.18. The number of carbonyl (C=O) groups is 1. The van der Waals surface area contributed by atoms with E-state index in [2.05, 4.69) is 26.2 Å². The maximum absolute atomic E-state index is 13.7. The summed E-state index contributed by atoms with van der Waals surface area (Å²) in [6.45, 7) is 0. The van der Waals surface area contributed by atoms with Gasteiger partial charge in [0.05, 0.1) is 16.5 Å². The van der Waals surface area contributed by atoms with Crippen LogP contribution < -0.4 is 5.32 Å². The third-order valence-corrected chi connectivity index (χ3v) is 3.35. The summed E-state index contributed by atoms with van der Waals surface area (Å²) < 4.78 is 51.1. The van der Waals surface area contributed by atoms with E-state index in [1.54, 1.807) is 6.07 Å². The summed E-state index contributed by atoms with van der Waals surface area (Å²) in [6, 6.07) is 6.36. The monoisotopic (exact) mass is 376 g/mol. The smallest absolute Gasteiger partial charge is 0.310 e. The summed E-state index contributed by atoms with van der Waals surface area (Å²) >= 11 is 3.00. The number of hydrogen-bond donors (Lipinski definition) is 1. The van der Waals surface area contributed by atoms with E-state index in [9.17, 15) is 22.4 Å². The van der Waals surface area contributed by atoms with Crippen LogP contribution in [0.25, 0.3) is 0 Å². The van der Waals surface area contributed by atoms with E-state index in [1.165, 1.54) is 12.1 Å². The van der Waals surface area contributed by atoms with Crippen LogP contribution in [0.15, 0.2) is 41.0 Å². The van der Waals surface area contributed by atoms with Crippen molar-refractivity contribution in [3.63, 3.8) is 0 Å². The molecule has 0 spiro atoms. The van der Waals surface area contributed by atoms with Crippen LogP contribution in [0.4, 0.5) is 23.4 Å². The largest absolute Gasteiger partial charge is 0.417 e. The summed E-state index contributed by atoms with van der Waals surface area (Å²) in [7, 11) is 0. The highest BCUT2D eigenvalue weighted by Crippen LogP contribution is 2.28. The van der Waals surface area contributed by atoms with Crippen molar-refractivity contribution in [2.75, 3.05) is 5.32 Å². The molecule has 1 amide bonds. The lowest BCUT2D eigenvalue weighted by molar-refractivity contribution is -0.137. The van der Waals surface area contributed by atoms with Crippen LogP contribution in [0.2, 0.25) is 0 Å².